The van der Waals surface area contributed by atoms with E-state index in [0.29, 0.717) is 40.0 Å². The molecule has 2 N–H and O–H groups in total. The van der Waals surface area contributed by atoms with Gasteiger partial charge in [0.05, 0.1) is 28.8 Å². The molecule has 4 aromatic heterocycles. The first kappa shape index (κ1) is 35.3. The number of likely N-dealkylation sites (N-methyl/N-ethyl adjacent to an activating group) is 1. The number of anilines is 1. The fourth-order valence-electron chi connectivity index (χ4n) is 6.70. The Kier molecular flexibility index (Phi) is 9.71. The van der Waals surface area contributed by atoms with Crippen molar-refractivity contribution in [2.45, 2.75) is 33.6 Å². The number of benzene rings is 1. The summed E-state index contributed by atoms with van der Waals surface area (Å²) in [5.74, 6) is -3.34. The first-order valence-electron chi connectivity index (χ1n) is 16.8. The second-order valence-corrected chi connectivity index (χ2v) is 13.4. The number of hydrogen-bond donors (Lipinski definition) is 2. The topological polar surface area (TPSA) is 132 Å². The van der Waals surface area contributed by atoms with Gasteiger partial charge in [-0.25, -0.2) is 13.8 Å². The second kappa shape index (κ2) is 14.0. The third-order valence-corrected chi connectivity index (χ3v) is 9.26. The predicted octanol–water partition coefficient (Wildman–Crippen LogP) is 4.63. The van der Waals surface area contributed by atoms with Gasteiger partial charge >= 0.3 is 0 Å². The Morgan fingerprint density at radius 2 is 1.78 bits per heavy atom. The van der Waals surface area contributed by atoms with E-state index in [-0.39, 0.29) is 66.6 Å². The molecule has 6 rings (SSSR count). The van der Waals surface area contributed by atoms with Crippen molar-refractivity contribution in [1.82, 2.24) is 39.8 Å². The SMILES string of the molecule is C=C(F)C(=O)N1CCN(c2c(C(=O)NCCN(C)C)c(=O)n(-c3c(C)ccnc3C(C)C)c3nc(-c4c(C)ccc5[nH]ncc45)c(F)cc23)CC1. The van der Waals surface area contributed by atoms with Crippen LogP contribution in [0.3, 0.4) is 0 Å². The molecule has 0 spiro atoms. The van der Waals surface area contributed by atoms with Gasteiger partial charge in [-0.05, 0) is 63.2 Å². The summed E-state index contributed by atoms with van der Waals surface area (Å²) >= 11 is 0. The quantitative estimate of drug-likeness (QED) is 0.213. The van der Waals surface area contributed by atoms with Crippen molar-refractivity contribution < 1.29 is 18.4 Å². The van der Waals surface area contributed by atoms with Gasteiger partial charge in [0.1, 0.15) is 17.1 Å². The summed E-state index contributed by atoms with van der Waals surface area (Å²) < 4.78 is 31.9. The number of amides is 2. The average Bonchev–Trinajstić information content (AvgIpc) is 3.56. The number of nitrogens with zero attached hydrogens (tertiary/aromatic N) is 7. The Bertz CT molecular complexity index is 2250. The fraction of sp³-hybridized carbons (Fsp3) is 0.351. The van der Waals surface area contributed by atoms with Crippen molar-refractivity contribution in [3.8, 4) is 16.9 Å². The van der Waals surface area contributed by atoms with E-state index < -0.39 is 29.0 Å². The van der Waals surface area contributed by atoms with Gasteiger partial charge in [0, 0.05) is 61.8 Å². The number of carbonyl (C=O) groups is 2. The number of fused-ring (bicyclic) bond motifs is 2. The number of nitrogens with one attached hydrogen (secondary N) is 2. The van der Waals surface area contributed by atoms with Crippen LogP contribution < -0.4 is 15.8 Å². The Hall–Kier alpha value is -5.50. The number of carbonyl (C=O) groups excluding carboxylic acids is 2. The van der Waals surface area contributed by atoms with Crippen LogP contribution in [0.25, 0.3) is 38.9 Å². The van der Waals surface area contributed by atoms with Crippen LogP contribution in [-0.4, -0.2) is 99.7 Å². The van der Waals surface area contributed by atoms with E-state index >= 15 is 9.18 Å². The number of rotatable bonds is 9. The van der Waals surface area contributed by atoms with Gasteiger partial charge < -0.3 is 20.0 Å². The van der Waals surface area contributed by atoms with Gasteiger partial charge in [-0.15, -0.1) is 0 Å². The predicted molar refractivity (Wildman–Crippen MR) is 194 cm³/mol. The van der Waals surface area contributed by atoms with Crippen LogP contribution in [0.4, 0.5) is 14.5 Å². The van der Waals surface area contributed by atoms with Crippen molar-refractivity contribution in [2.24, 2.45) is 0 Å². The third-order valence-electron chi connectivity index (χ3n) is 9.26. The van der Waals surface area contributed by atoms with E-state index in [1.54, 1.807) is 23.4 Å². The standard InChI is InChI=1S/C37H41F2N9O3/c1-20(2)30-32(22(4)10-11-40-30)48-34-24(18-26(39)31(43-34)28-21(3)8-9-27-25(28)19-42-44-27)33(29(37(48)51)35(49)41-12-13-45(6)7)46-14-16-47(17-15-46)36(50)23(5)38/h8-11,18-20H,5,12-17H2,1-4,6-7H3,(H,41,49)(H,42,44). The van der Waals surface area contributed by atoms with Gasteiger partial charge in [0.15, 0.2) is 11.5 Å². The molecule has 1 saturated heterocycles. The van der Waals surface area contributed by atoms with Crippen LogP contribution in [0.5, 0.6) is 0 Å². The maximum absolute atomic E-state index is 16.7. The van der Waals surface area contributed by atoms with E-state index in [0.717, 1.165) is 5.56 Å². The van der Waals surface area contributed by atoms with Gasteiger partial charge in [0.25, 0.3) is 17.4 Å². The van der Waals surface area contributed by atoms with Crippen molar-refractivity contribution >= 4 is 39.4 Å². The monoisotopic (exact) mass is 697 g/mol. The normalized spacial score (nSPS) is 13.5. The fourth-order valence-corrected chi connectivity index (χ4v) is 6.70. The molecule has 1 aliphatic rings. The minimum absolute atomic E-state index is 0.0128. The number of halogens is 2. The van der Waals surface area contributed by atoms with Crippen LogP contribution in [0.2, 0.25) is 0 Å². The maximum atomic E-state index is 16.7. The zero-order valence-corrected chi connectivity index (χ0v) is 29.6. The van der Waals surface area contributed by atoms with E-state index in [1.165, 1.54) is 15.5 Å². The maximum Gasteiger partial charge on any atom is 0.282 e. The molecular formula is C37H41F2N9O3. The molecule has 0 radical (unpaired) electrons. The first-order valence-corrected chi connectivity index (χ1v) is 16.8. The van der Waals surface area contributed by atoms with Crippen molar-refractivity contribution in [1.29, 1.82) is 0 Å². The van der Waals surface area contributed by atoms with Crippen molar-refractivity contribution in [2.75, 3.05) is 58.3 Å². The smallest absolute Gasteiger partial charge is 0.282 e. The number of pyridine rings is 3. The number of aromatic nitrogens is 5. The molecule has 5 heterocycles. The molecule has 12 nitrogen and oxygen atoms in total. The van der Waals surface area contributed by atoms with Gasteiger partial charge in [-0.1, -0.05) is 26.5 Å². The number of aryl methyl sites for hydroxylation is 2. The second-order valence-electron chi connectivity index (χ2n) is 13.4. The summed E-state index contributed by atoms with van der Waals surface area (Å²) in [6.45, 7) is 11.9. The van der Waals surface area contributed by atoms with Crippen LogP contribution in [-0.2, 0) is 4.79 Å². The van der Waals surface area contributed by atoms with Crippen molar-refractivity contribution in [3.05, 3.63) is 87.6 Å². The average molecular weight is 698 g/mol. The lowest BCUT2D eigenvalue weighted by molar-refractivity contribution is -0.128. The lowest BCUT2D eigenvalue weighted by Gasteiger charge is -2.37. The summed E-state index contributed by atoms with van der Waals surface area (Å²) in [6.07, 6.45) is 3.27. The summed E-state index contributed by atoms with van der Waals surface area (Å²) in [7, 11) is 3.73. The lowest BCUT2D eigenvalue weighted by atomic mass is 9.99. The van der Waals surface area contributed by atoms with Gasteiger partial charge in [-0.3, -0.25) is 29.0 Å². The number of aromatic amines is 1. The van der Waals surface area contributed by atoms with Gasteiger partial charge in [0.2, 0.25) is 0 Å². The highest BCUT2D eigenvalue weighted by Gasteiger charge is 2.33. The molecule has 2 amide bonds. The molecule has 51 heavy (non-hydrogen) atoms. The third kappa shape index (κ3) is 6.47. The highest BCUT2D eigenvalue weighted by Crippen LogP contribution is 2.38. The Balaban J connectivity index is 1.70. The van der Waals surface area contributed by atoms with Crippen molar-refractivity contribution in [3.63, 3.8) is 0 Å². The highest BCUT2D eigenvalue weighted by atomic mass is 19.1. The molecule has 5 aromatic rings. The van der Waals surface area contributed by atoms with Crippen LogP contribution in [0, 0.1) is 19.7 Å². The Morgan fingerprint density at radius 1 is 1.06 bits per heavy atom. The lowest BCUT2D eigenvalue weighted by Crippen LogP contribution is -2.50. The zero-order chi connectivity index (χ0) is 36.7. The molecule has 1 fully saturated rings. The van der Waals surface area contributed by atoms with E-state index in [9.17, 15) is 14.0 Å². The minimum atomic E-state index is -1.08. The summed E-state index contributed by atoms with van der Waals surface area (Å²) in [5, 5.41) is 10.8. The van der Waals surface area contributed by atoms with E-state index in [2.05, 4.69) is 27.1 Å². The molecule has 266 valence electrons. The molecule has 1 aromatic carbocycles. The molecule has 0 atom stereocenters. The largest absolute Gasteiger partial charge is 0.367 e. The Morgan fingerprint density at radius 3 is 2.45 bits per heavy atom. The number of H-pyrrole nitrogens is 1. The molecule has 0 bridgehead atoms. The highest BCUT2D eigenvalue weighted by molar-refractivity contribution is 6.08. The Labute approximate surface area is 293 Å². The molecule has 1 aliphatic heterocycles. The number of piperazine rings is 1. The van der Waals surface area contributed by atoms with Crippen LogP contribution in [0.15, 0.2) is 53.9 Å². The first-order chi connectivity index (χ1) is 24.3. The molecule has 14 heteroatoms. The molecular weight excluding hydrogens is 656 g/mol. The summed E-state index contributed by atoms with van der Waals surface area (Å²) in [5.41, 5.74) is 3.19. The van der Waals surface area contributed by atoms with E-state index in [4.69, 9.17) is 4.98 Å². The van der Waals surface area contributed by atoms with Crippen LogP contribution in [0.1, 0.15) is 46.9 Å². The van der Waals surface area contributed by atoms with E-state index in [1.807, 2.05) is 58.8 Å². The molecule has 0 unspecified atom stereocenters. The number of hydrogen-bond acceptors (Lipinski definition) is 8. The molecule has 0 aliphatic carbocycles. The van der Waals surface area contributed by atoms with Crippen LogP contribution >= 0.6 is 0 Å². The zero-order valence-electron chi connectivity index (χ0n) is 29.6. The van der Waals surface area contributed by atoms with Gasteiger partial charge in [-0.2, -0.15) is 5.10 Å². The molecule has 0 saturated carbocycles. The summed E-state index contributed by atoms with van der Waals surface area (Å²) in [4.78, 5) is 56.3. The minimum Gasteiger partial charge on any atom is -0.367 e. The summed E-state index contributed by atoms with van der Waals surface area (Å²) in [6, 6.07) is 6.79.